The van der Waals surface area contributed by atoms with Gasteiger partial charge < -0.3 is 15.5 Å². The van der Waals surface area contributed by atoms with Crippen molar-refractivity contribution in [1.29, 1.82) is 0 Å². The lowest BCUT2D eigenvalue weighted by atomic mass is 10.3. The number of benzene rings is 2. The summed E-state index contributed by atoms with van der Waals surface area (Å²) in [5, 5.41) is 2.48. The molecule has 7 heteroatoms. The molecule has 0 aliphatic rings. The number of oxazole rings is 1. The van der Waals surface area contributed by atoms with Gasteiger partial charge in [0.05, 0.1) is 10.7 Å². The summed E-state index contributed by atoms with van der Waals surface area (Å²) in [6.07, 6.45) is 0. The van der Waals surface area contributed by atoms with Crippen LogP contribution in [0.4, 0.5) is 26.2 Å². The lowest BCUT2D eigenvalue weighted by Crippen LogP contribution is -1.96. The smallest absolute Gasteiger partial charge is 0.300 e. The molecule has 0 spiro atoms. The maximum absolute atomic E-state index is 13.6. The molecule has 0 aliphatic heterocycles. The number of nitrogens with one attached hydrogen (secondary N) is 1. The van der Waals surface area contributed by atoms with E-state index in [2.05, 4.69) is 10.3 Å². The van der Waals surface area contributed by atoms with Crippen LogP contribution in [0.5, 0.6) is 0 Å². The van der Waals surface area contributed by atoms with Gasteiger partial charge in [0.15, 0.2) is 11.4 Å². The molecule has 2 aromatic carbocycles. The molecule has 0 bridgehead atoms. The number of nitrogen functional groups attached to an aromatic ring is 1. The third-order valence-electron chi connectivity index (χ3n) is 2.65. The molecule has 1 aromatic heterocycles. The molecule has 4 nitrogen and oxygen atoms in total. The summed E-state index contributed by atoms with van der Waals surface area (Å²) in [7, 11) is 0. The van der Waals surface area contributed by atoms with Gasteiger partial charge in [0.25, 0.3) is 6.01 Å². The summed E-state index contributed by atoms with van der Waals surface area (Å²) < 4.78 is 32.0. The molecule has 0 fully saturated rings. The van der Waals surface area contributed by atoms with Gasteiger partial charge in [-0.15, -0.1) is 0 Å². The molecule has 102 valence electrons. The van der Waals surface area contributed by atoms with Crippen LogP contribution in [-0.2, 0) is 0 Å². The zero-order valence-corrected chi connectivity index (χ0v) is 10.7. The van der Waals surface area contributed by atoms with E-state index in [4.69, 9.17) is 21.8 Å². The van der Waals surface area contributed by atoms with Crippen LogP contribution in [0.3, 0.4) is 0 Å². The summed E-state index contributed by atoms with van der Waals surface area (Å²) in [5.41, 5.74) is 7.06. The SMILES string of the molecule is Nc1ccc2oc(Nc3c(F)cc(F)cc3Cl)nc2c1. The molecular formula is C13H8ClF2N3O. The lowest BCUT2D eigenvalue weighted by molar-refractivity contribution is 0.582. The first-order chi connectivity index (χ1) is 9.52. The summed E-state index contributed by atoms with van der Waals surface area (Å²) >= 11 is 5.78. The number of hydrogen-bond donors (Lipinski definition) is 2. The quantitative estimate of drug-likeness (QED) is 0.699. The Morgan fingerprint density at radius 1 is 1.20 bits per heavy atom. The normalized spacial score (nSPS) is 10.9. The van der Waals surface area contributed by atoms with Gasteiger partial charge in [0, 0.05) is 11.8 Å². The van der Waals surface area contributed by atoms with Gasteiger partial charge in [-0.3, -0.25) is 0 Å². The first-order valence-corrected chi connectivity index (χ1v) is 5.98. The Morgan fingerprint density at radius 3 is 2.75 bits per heavy atom. The van der Waals surface area contributed by atoms with Crippen molar-refractivity contribution in [2.75, 3.05) is 11.1 Å². The third kappa shape index (κ3) is 2.25. The number of fused-ring (bicyclic) bond motifs is 1. The van der Waals surface area contributed by atoms with Crippen molar-refractivity contribution in [2.45, 2.75) is 0 Å². The highest BCUT2D eigenvalue weighted by molar-refractivity contribution is 6.33. The monoisotopic (exact) mass is 295 g/mol. The third-order valence-corrected chi connectivity index (χ3v) is 2.95. The Kier molecular flexibility index (Phi) is 2.94. The summed E-state index contributed by atoms with van der Waals surface area (Å²) in [6.45, 7) is 0. The zero-order chi connectivity index (χ0) is 14.3. The predicted molar refractivity (Wildman–Crippen MR) is 73.1 cm³/mol. The maximum Gasteiger partial charge on any atom is 0.300 e. The standard InChI is InChI=1S/C13H8ClF2N3O/c14-8-3-6(15)4-9(16)12(8)19-13-18-10-5-7(17)1-2-11(10)20-13/h1-5H,17H2,(H,18,19). The largest absolute Gasteiger partial charge is 0.423 e. The van der Waals surface area contributed by atoms with Gasteiger partial charge in [-0.2, -0.15) is 4.98 Å². The topological polar surface area (TPSA) is 64.1 Å². The molecule has 20 heavy (non-hydrogen) atoms. The Labute approximate surface area is 117 Å². The molecular weight excluding hydrogens is 288 g/mol. The van der Waals surface area contributed by atoms with E-state index in [0.29, 0.717) is 16.8 Å². The summed E-state index contributed by atoms with van der Waals surface area (Å²) in [5.74, 6) is -1.60. The summed E-state index contributed by atoms with van der Waals surface area (Å²) in [6, 6.07) is 6.67. The Bertz CT molecular complexity index is 780. The van der Waals surface area contributed by atoms with Crippen molar-refractivity contribution in [3.8, 4) is 0 Å². The van der Waals surface area contributed by atoms with E-state index in [0.717, 1.165) is 12.1 Å². The van der Waals surface area contributed by atoms with E-state index in [9.17, 15) is 8.78 Å². The molecule has 3 rings (SSSR count). The van der Waals surface area contributed by atoms with Crippen molar-refractivity contribution < 1.29 is 13.2 Å². The van der Waals surface area contributed by atoms with E-state index in [-0.39, 0.29) is 16.7 Å². The number of aromatic nitrogens is 1. The first-order valence-electron chi connectivity index (χ1n) is 5.60. The van der Waals surface area contributed by atoms with Crippen molar-refractivity contribution >= 4 is 40.1 Å². The molecule has 0 radical (unpaired) electrons. The second-order valence-electron chi connectivity index (χ2n) is 4.12. The first kappa shape index (κ1) is 12.7. The number of hydrogen-bond acceptors (Lipinski definition) is 4. The van der Waals surface area contributed by atoms with E-state index in [1.807, 2.05) is 0 Å². The van der Waals surface area contributed by atoms with E-state index < -0.39 is 11.6 Å². The highest BCUT2D eigenvalue weighted by Crippen LogP contribution is 2.30. The van der Waals surface area contributed by atoms with Crippen LogP contribution in [0.25, 0.3) is 11.1 Å². The number of nitrogens with zero attached hydrogens (tertiary/aromatic N) is 1. The van der Waals surface area contributed by atoms with Crippen molar-refractivity contribution in [3.63, 3.8) is 0 Å². The Hall–Kier alpha value is -2.34. The molecule has 0 saturated carbocycles. The van der Waals surface area contributed by atoms with Crippen LogP contribution >= 0.6 is 11.6 Å². The van der Waals surface area contributed by atoms with E-state index in [1.165, 1.54) is 0 Å². The minimum Gasteiger partial charge on any atom is -0.423 e. The molecule has 1 heterocycles. The molecule has 3 aromatic rings. The minimum atomic E-state index is -0.836. The molecule has 0 amide bonds. The minimum absolute atomic E-state index is 0.0398. The average molecular weight is 296 g/mol. The fourth-order valence-electron chi connectivity index (χ4n) is 1.77. The van der Waals surface area contributed by atoms with Gasteiger partial charge in [-0.1, -0.05) is 11.6 Å². The van der Waals surface area contributed by atoms with Crippen molar-refractivity contribution in [1.82, 2.24) is 4.98 Å². The number of anilines is 3. The van der Waals surface area contributed by atoms with E-state index >= 15 is 0 Å². The van der Waals surface area contributed by atoms with Gasteiger partial charge in [0.2, 0.25) is 0 Å². The van der Waals surface area contributed by atoms with Crippen LogP contribution in [-0.4, -0.2) is 4.98 Å². The highest BCUT2D eigenvalue weighted by Gasteiger charge is 2.13. The van der Waals surface area contributed by atoms with E-state index in [1.54, 1.807) is 18.2 Å². The average Bonchev–Trinajstić information content (AvgIpc) is 2.75. The number of nitrogens with two attached hydrogens (primary N) is 1. The Morgan fingerprint density at radius 2 is 2.00 bits per heavy atom. The number of rotatable bonds is 2. The van der Waals surface area contributed by atoms with Crippen LogP contribution in [0.2, 0.25) is 5.02 Å². The predicted octanol–water partition coefficient (Wildman–Crippen LogP) is 4.09. The van der Waals surface area contributed by atoms with Crippen LogP contribution in [0, 0.1) is 11.6 Å². The fraction of sp³-hybridized carbons (Fsp3) is 0. The fourth-order valence-corrected chi connectivity index (χ4v) is 2.01. The van der Waals surface area contributed by atoms with Crippen LogP contribution in [0.15, 0.2) is 34.7 Å². The molecule has 3 N–H and O–H groups in total. The van der Waals surface area contributed by atoms with Crippen molar-refractivity contribution in [3.05, 3.63) is 47.0 Å². The Balaban J connectivity index is 2.01. The lowest BCUT2D eigenvalue weighted by Gasteiger charge is -2.05. The van der Waals surface area contributed by atoms with Gasteiger partial charge in [-0.25, -0.2) is 8.78 Å². The van der Waals surface area contributed by atoms with Crippen LogP contribution in [0.1, 0.15) is 0 Å². The molecule has 0 saturated heterocycles. The second-order valence-corrected chi connectivity index (χ2v) is 4.52. The van der Waals surface area contributed by atoms with Gasteiger partial charge >= 0.3 is 0 Å². The van der Waals surface area contributed by atoms with Gasteiger partial charge in [0.1, 0.15) is 11.3 Å². The molecule has 0 unspecified atom stereocenters. The molecule has 0 aliphatic carbocycles. The van der Waals surface area contributed by atoms with Gasteiger partial charge in [-0.05, 0) is 24.3 Å². The molecule has 0 atom stereocenters. The summed E-state index contributed by atoms with van der Waals surface area (Å²) in [4.78, 5) is 4.10. The van der Waals surface area contributed by atoms with Crippen LogP contribution < -0.4 is 11.1 Å². The second kappa shape index (κ2) is 4.64. The zero-order valence-electron chi connectivity index (χ0n) is 9.95. The highest BCUT2D eigenvalue weighted by atomic mass is 35.5. The number of halogens is 3. The maximum atomic E-state index is 13.6. The van der Waals surface area contributed by atoms with Crippen molar-refractivity contribution in [2.24, 2.45) is 0 Å².